The van der Waals surface area contributed by atoms with E-state index in [2.05, 4.69) is 0 Å². The predicted octanol–water partition coefficient (Wildman–Crippen LogP) is 7.01. The minimum atomic E-state index is -0.769. The normalized spacial score (nSPS) is 14.0. The van der Waals surface area contributed by atoms with Gasteiger partial charge in [0.2, 0.25) is 0 Å². The van der Waals surface area contributed by atoms with Crippen LogP contribution in [-0.4, -0.2) is 0 Å². The van der Waals surface area contributed by atoms with Crippen LogP contribution in [0.3, 0.4) is 0 Å². The number of rotatable bonds is 5. The molecule has 2 aromatic carbocycles. The fourth-order valence-electron chi connectivity index (χ4n) is 3.11. The first-order valence-corrected chi connectivity index (χ1v) is 9.57. The van der Waals surface area contributed by atoms with Gasteiger partial charge < -0.3 is 0 Å². The lowest BCUT2D eigenvalue weighted by atomic mass is 10.0. The van der Waals surface area contributed by atoms with Crippen LogP contribution >= 0.6 is 11.3 Å². The number of hydrogen-bond donors (Lipinski definition) is 0. The van der Waals surface area contributed by atoms with Crippen LogP contribution in [0.15, 0.2) is 48.5 Å². The first kappa shape index (κ1) is 16.5. The molecule has 1 aliphatic rings. The Morgan fingerprint density at radius 2 is 1.56 bits per heavy atom. The second-order valence-corrected chi connectivity index (χ2v) is 8.07. The Bertz CT molecular complexity index is 889. The Morgan fingerprint density at radius 1 is 0.880 bits per heavy atom. The van der Waals surface area contributed by atoms with Gasteiger partial charge in [-0.05, 0) is 49.4 Å². The quantitative estimate of drug-likeness (QED) is 0.462. The zero-order valence-electron chi connectivity index (χ0n) is 14.2. The summed E-state index contributed by atoms with van der Waals surface area (Å²) in [4.78, 5) is 2.06. The van der Waals surface area contributed by atoms with Gasteiger partial charge in [0.05, 0.1) is 0 Å². The Morgan fingerprint density at radius 3 is 2.28 bits per heavy atom. The van der Waals surface area contributed by atoms with Crippen LogP contribution in [0.1, 0.15) is 29.7 Å². The first-order chi connectivity index (χ1) is 12.1. The zero-order valence-corrected chi connectivity index (χ0v) is 15.0. The standard InChI is InChI=1S/C22H20F2S/c1-14-2-7-16(8-3-14)18-11-12-19(22(24)21(18)23)20-13-10-17(25-20)9-6-15-4-5-15/h2-3,7-8,10-13,15H,4-6,9H2,1H3. The second kappa shape index (κ2) is 6.72. The van der Waals surface area contributed by atoms with Crippen molar-refractivity contribution in [2.24, 2.45) is 5.92 Å². The van der Waals surface area contributed by atoms with Crippen LogP contribution in [0.4, 0.5) is 8.78 Å². The highest BCUT2D eigenvalue weighted by Gasteiger charge is 2.21. The molecular formula is C22H20F2S. The molecule has 3 heteroatoms. The SMILES string of the molecule is Cc1ccc(-c2ccc(-c3ccc(CCC4CC4)s3)c(F)c2F)cc1. The number of thiophene rings is 1. The van der Waals surface area contributed by atoms with Crippen LogP contribution in [0.2, 0.25) is 0 Å². The van der Waals surface area contributed by atoms with Crippen LogP contribution in [-0.2, 0) is 6.42 Å². The fraction of sp³-hybridized carbons (Fsp3) is 0.273. The van der Waals surface area contributed by atoms with Crippen molar-refractivity contribution in [3.05, 3.63) is 70.6 Å². The van der Waals surface area contributed by atoms with Gasteiger partial charge in [0.25, 0.3) is 0 Å². The molecule has 0 saturated heterocycles. The third-order valence-electron chi connectivity index (χ3n) is 4.87. The van der Waals surface area contributed by atoms with Crippen LogP contribution in [0.25, 0.3) is 21.6 Å². The molecule has 0 unspecified atom stereocenters. The molecule has 1 saturated carbocycles. The Hall–Kier alpha value is -2.00. The molecule has 0 radical (unpaired) electrons. The Balaban J connectivity index is 1.62. The minimum Gasteiger partial charge on any atom is -0.203 e. The predicted molar refractivity (Wildman–Crippen MR) is 101 cm³/mol. The summed E-state index contributed by atoms with van der Waals surface area (Å²) in [5.41, 5.74) is 2.46. The number of halogens is 2. The van der Waals surface area contributed by atoms with Gasteiger partial charge in [-0.25, -0.2) is 8.78 Å². The topological polar surface area (TPSA) is 0 Å². The molecule has 0 amide bonds. The van der Waals surface area contributed by atoms with Gasteiger partial charge in [0.1, 0.15) is 0 Å². The maximum absolute atomic E-state index is 14.7. The molecule has 128 valence electrons. The van der Waals surface area contributed by atoms with Crippen molar-refractivity contribution in [3.8, 4) is 21.6 Å². The third-order valence-corrected chi connectivity index (χ3v) is 6.05. The van der Waals surface area contributed by atoms with Crippen LogP contribution < -0.4 is 0 Å². The van der Waals surface area contributed by atoms with Crippen molar-refractivity contribution in [3.63, 3.8) is 0 Å². The first-order valence-electron chi connectivity index (χ1n) is 8.76. The van der Waals surface area contributed by atoms with E-state index in [4.69, 9.17) is 0 Å². The molecule has 0 N–H and O–H groups in total. The molecule has 0 spiro atoms. The van der Waals surface area contributed by atoms with E-state index in [0.717, 1.165) is 22.8 Å². The molecule has 0 bridgehead atoms. The molecule has 25 heavy (non-hydrogen) atoms. The molecule has 1 fully saturated rings. The molecule has 0 aliphatic heterocycles. The van der Waals surface area contributed by atoms with Gasteiger partial charge in [0, 0.05) is 20.9 Å². The van der Waals surface area contributed by atoms with Crippen molar-refractivity contribution >= 4 is 11.3 Å². The van der Waals surface area contributed by atoms with Crippen molar-refractivity contribution in [1.29, 1.82) is 0 Å². The monoisotopic (exact) mass is 354 g/mol. The van der Waals surface area contributed by atoms with Gasteiger partial charge in [-0.1, -0.05) is 48.7 Å². The molecule has 0 nitrogen and oxygen atoms in total. The zero-order chi connectivity index (χ0) is 17.4. The lowest BCUT2D eigenvalue weighted by molar-refractivity contribution is 0.514. The third kappa shape index (κ3) is 3.52. The van der Waals surface area contributed by atoms with E-state index in [0.29, 0.717) is 16.7 Å². The summed E-state index contributed by atoms with van der Waals surface area (Å²) in [6.07, 6.45) is 4.95. The van der Waals surface area contributed by atoms with E-state index in [1.54, 1.807) is 23.5 Å². The molecule has 1 aromatic heterocycles. The van der Waals surface area contributed by atoms with Gasteiger partial charge in [-0.15, -0.1) is 11.3 Å². The molecule has 3 aromatic rings. The van der Waals surface area contributed by atoms with E-state index in [9.17, 15) is 8.78 Å². The smallest absolute Gasteiger partial charge is 0.168 e. The van der Waals surface area contributed by atoms with Gasteiger partial charge in [-0.3, -0.25) is 0 Å². The molecule has 4 rings (SSSR count). The summed E-state index contributed by atoms with van der Waals surface area (Å²) in [6.45, 7) is 1.97. The van der Waals surface area contributed by atoms with Crippen molar-refractivity contribution in [2.75, 3.05) is 0 Å². The summed E-state index contributed by atoms with van der Waals surface area (Å²) in [5, 5.41) is 0. The number of hydrogen-bond acceptors (Lipinski definition) is 1. The van der Waals surface area contributed by atoms with Gasteiger partial charge >= 0.3 is 0 Å². The van der Waals surface area contributed by atoms with E-state index in [-0.39, 0.29) is 0 Å². The number of benzene rings is 2. The molecule has 0 atom stereocenters. The summed E-state index contributed by atoms with van der Waals surface area (Å²) in [7, 11) is 0. The van der Waals surface area contributed by atoms with Gasteiger partial charge in [0.15, 0.2) is 11.6 Å². The van der Waals surface area contributed by atoms with Crippen molar-refractivity contribution in [1.82, 2.24) is 0 Å². The Kier molecular flexibility index (Phi) is 4.43. The fourth-order valence-corrected chi connectivity index (χ4v) is 4.15. The van der Waals surface area contributed by atoms with Crippen molar-refractivity contribution < 1.29 is 8.78 Å². The van der Waals surface area contributed by atoms with Gasteiger partial charge in [-0.2, -0.15) is 0 Å². The molecule has 1 aliphatic carbocycles. The summed E-state index contributed by atoms with van der Waals surface area (Å²) >= 11 is 1.58. The lowest BCUT2D eigenvalue weighted by Crippen LogP contribution is -1.93. The molecular weight excluding hydrogens is 334 g/mol. The average molecular weight is 354 g/mol. The van der Waals surface area contributed by atoms with E-state index in [1.807, 2.05) is 43.3 Å². The maximum atomic E-state index is 14.7. The minimum absolute atomic E-state index is 0.312. The van der Waals surface area contributed by atoms with E-state index >= 15 is 0 Å². The second-order valence-electron chi connectivity index (χ2n) is 6.90. The van der Waals surface area contributed by atoms with E-state index < -0.39 is 11.6 Å². The largest absolute Gasteiger partial charge is 0.203 e. The number of aryl methyl sites for hydroxylation is 2. The summed E-state index contributed by atoms with van der Waals surface area (Å²) in [5.74, 6) is -0.642. The highest BCUT2D eigenvalue weighted by atomic mass is 32.1. The lowest BCUT2D eigenvalue weighted by Gasteiger charge is -2.08. The summed E-state index contributed by atoms with van der Waals surface area (Å²) in [6, 6.07) is 14.8. The molecule has 1 heterocycles. The highest BCUT2D eigenvalue weighted by Crippen LogP contribution is 2.37. The van der Waals surface area contributed by atoms with Crippen LogP contribution in [0, 0.1) is 24.5 Å². The highest BCUT2D eigenvalue weighted by molar-refractivity contribution is 7.15. The Labute approximate surface area is 151 Å². The van der Waals surface area contributed by atoms with E-state index in [1.165, 1.54) is 24.1 Å². The van der Waals surface area contributed by atoms with Crippen molar-refractivity contribution in [2.45, 2.75) is 32.6 Å². The summed E-state index contributed by atoms with van der Waals surface area (Å²) < 4.78 is 29.3. The van der Waals surface area contributed by atoms with Crippen LogP contribution in [0.5, 0.6) is 0 Å². The maximum Gasteiger partial charge on any atom is 0.168 e. The average Bonchev–Trinajstić information content (AvgIpc) is 3.33.